The van der Waals surface area contributed by atoms with E-state index in [1.807, 2.05) is 34.9 Å². The van der Waals surface area contributed by atoms with Gasteiger partial charge >= 0.3 is 0 Å². The third-order valence-corrected chi connectivity index (χ3v) is 7.32. The minimum absolute atomic E-state index is 0.0269. The topological polar surface area (TPSA) is 192 Å². The first-order valence-electron chi connectivity index (χ1n) is 10.2. The van der Waals surface area contributed by atoms with Crippen molar-refractivity contribution in [2.45, 2.75) is 21.0 Å². The normalized spacial score (nSPS) is 11.4. The quantitative estimate of drug-likeness (QED) is 0.178. The number of aromatic nitrogens is 5. The van der Waals surface area contributed by atoms with Crippen molar-refractivity contribution in [3.63, 3.8) is 0 Å². The van der Waals surface area contributed by atoms with E-state index in [0.717, 1.165) is 5.69 Å². The molecule has 0 fully saturated rings. The van der Waals surface area contributed by atoms with E-state index in [2.05, 4.69) is 25.5 Å². The Morgan fingerprint density at radius 2 is 1.78 bits per heavy atom. The number of carbonyl (C=O) groups excluding carboxylic acids is 1. The van der Waals surface area contributed by atoms with Crippen LogP contribution < -0.4 is 21.7 Å². The van der Waals surface area contributed by atoms with Crippen molar-refractivity contribution in [1.29, 1.82) is 0 Å². The molecule has 6 N–H and O–H groups in total. The van der Waals surface area contributed by atoms with Gasteiger partial charge in [0.15, 0.2) is 10.3 Å². The van der Waals surface area contributed by atoms with Gasteiger partial charge in [0.1, 0.15) is 11.6 Å². The van der Waals surface area contributed by atoms with Gasteiger partial charge in [-0.3, -0.25) is 14.2 Å². The third kappa shape index (κ3) is 6.51. The van der Waals surface area contributed by atoms with Gasteiger partial charge in [-0.2, -0.15) is 0 Å². The molecule has 2 aromatic carbocycles. The SMILES string of the molecule is Nc1cc(=O)[nH]c(SCc2nnc(SCC(=O)Nc3ccc(S(N)(=O)=O)cc3)n2-c2ccccc2)n1. The van der Waals surface area contributed by atoms with E-state index in [0.29, 0.717) is 27.6 Å². The van der Waals surface area contributed by atoms with Crippen molar-refractivity contribution < 1.29 is 13.2 Å². The number of anilines is 2. The second-order valence-electron chi connectivity index (χ2n) is 7.24. The maximum atomic E-state index is 12.5. The molecule has 0 bridgehead atoms. The lowest BCUT2D eigenvalue weighted by Crippen LogP contribution is -2.15. The highest BCUT2D eigenvalue weighted by atomic mass is 32.2. The van der Waals surface area contributed by atoms with E-state index in [9.17, 15) is 18.0 Å². The molecule has 186 valence electrons. The molecule has 4 aromatic rings. The average Bonchev–Trinajstić information content (AvgIpc) is 3.24. The molecule has 0 spiro atoms. The Bertz CT molecular complexity index is 1540. The predicted molar refractivity (Wildman–Crippen MR) is 137 cm³/mol. The summed E-state index contributed by atoms with van der Waals surface area (Å²) in [5, 5.41) is 17.1. The Hall–Kier alpha value is -3.66. The first kappa shape index (κ1) is 25.4. The number of nitrogen functional groups attached to an aromatic ring is 1. The van der Waals surface area contributed by atoms with Crippen LogP contribution in [0.5, 0.6) is 0 Å². The van der Waals surface area contributed by atoms with Crippen LogP contribution in [0.1, 0.15) is 5.82 Å². The van der Waals surface area contributed by atoms with Crippen LogP contribution in [-0.2, 0) is 20.6 Å². The number of hydrogen-bond donors (Lipinski definition) is 4. The number of para-hydroxylation sites is 1. The van der Waals surface area contributed by atoms with Crippen molar-refractivity contribution in [3.05, 3.63) is 76.8 Å². The number of benzene rings is 2. The van der Waals surface area contributed by atoms with Crippen LogP contribution in [0.3, 0.4) is 0 Å². The summed E-state index contributed by atoms with van der Waals surface area (Å²) in [6, 6.07) is 16.1. The summed E-state index contributed by atoms with van der Waals surface area (Å²) in [6.07, 6.45) is 0. The number of carbonyl (C=O) groups is 1. The summed E-state index contributed by atoms with van der Waals surface area (Å²) in [7, 11) is -3.81. The van der Waals surface area contributed by atoms with Crippen molar-refractivity contribution in [2.24, 2.45) is 5.14 Å². The summed E-state index contributed by atoms with van der Waals surface area (Å²) >= 11 is 2.43. The Labute approximate surface area is 214 Å². The van der Waals surface area contributed by atoms with Gasteiger partial charge in [-0.25, -0.2) is 18.5 Å². The Morgan fingerprint density at radius 3 is 2.44 bits per heavy atom. The Morgan fingerprint density at radius 1 is 1.06 bits per heavy atom. The number of thioether (sulfide) groups is 2. The highest BCUT2D eigenvalue weighted by Gasteiger charge is 2.17. The third-order valence-electron chi connectivity index (χ3n) is 4.59. The molecule has 0 radical (unpaired) electrons. The van der Waals surface area contributed by atoms with E-state index in [1.54, 1.807) is 0 Å². The van der Waals surface area contributed by atoms with E-state index >= 15 is 0 Å². The van der Waals surface area contributed by atoms with Gasteiger partial charge in [-0.05, 0) is 36.4 Å². The largest absolute Gasteiger partial charge is 0.383 e. The minimum atomic E-state index is -3.81. The van der Waals surface area contributed by atoms with Crippen LogP contribution in [0.15, 0.2) is 80.7 Å². The van der Waals surface area contributed by atoms with E-state index < -0.39 is 10.0 Å². The fraction of sp³-hybridized carbons (Fsp3) is 0.0952. The highest BCUT2D eigenvalue weighted by molar-refractivity contribution is 7.99. The van der Waals surface area contributed by atoms with Crippen LogP contribution in [0, 0.1) is 0 Å². The number of aromatic amines is 1. The van der Waals surface area contributed by atoms with Crippen molar-refractivity contribution in [1.82, 2.24) is 24.7 Å². The lowest BCUT2D eigenvalue weighted by atomic mass is 10.3. The van der Waals surface area contributed by atoms with Gasteiger partial charge in [-0.15, -0.1) is 10.2 Å². The number of hydrogen-bond acceptors (Lipinski definition) is 10. The average molecular weight is 545 g/mol. The molecule has 0 aliphatic carbocycles. The van der Waals surface area contributed by atoms with E-state index in [-0.39, 0.29) is 27.9 Å². The molecule has 0 saturated carbocycles. The van der Waals surface area contributed by atoms with Crippen molar-refractivity contribution in [2.75, 3.05) is 16.8 Å². The van der Waals surface area contributed by atoms with Crippen molar-refractivity contribution >= 4 is 51.0 Å². The van der Waals surface area contributed by atoms with Gasteiger partial charge in [0, 0.05) is 17.4 Å². The number of nitrogens with zero attached hydrogens (tertiary/aromatic N) is 4. The minimum Gasteiger partial charge on any atom is -0.383 e. The molecule has 0 saturated heterocycles. The molecule has 2 heterocycles. The summed E-state index contributed by atoms with van der Waals surface area (Å²) in [6.45, 7) is 0. The second-order valence-corrected chi connectivity index (χ2v) is 10.7. The summed E-state index contributed by atoms with van der Waals surface area (Å²) in [5.41, 5.74) is 6.53. The number of amides is 1. The fourth-order valence-electron chi connectivity index (χ4n) is 3.03. The maximum absolute atomic E-state index is 12.5. The molecule has 0 aliphatic rings. The monoisotopic (exact) mass is 544 g/mol. The molecule has 1 amide bonds. The molecular formula is C21H20N8O4S3. The Kier molecular flexibility index (Phi) is 7.73. The number of H-pyrrole nitrogens is 1. The number of rotatable bonds is 9. The molecule has 36 heavy (non-hydrogen) atoms. The Balaban J connectivity index is 1.48. The summed E-state index contributed by atoms with van der Waals surface area (Å²) in [5.74, 6) is 0.741. The van der Waals surface area contributed by atoms with Gasteiger partial charge < -0.3 is 16.0 Å². The van der Waals surface area contributed by atoms with E-state index in [4.69, 9.17) is 10.9 Å². The molecule has 12 nitrogen and oxygen atoms in total. The van der Waals surface area contributed by atoms with Crippen LogP contribution >= 0.6 is 23.5 Å². The molecule has 4 rings (SSSR count). The highest BCUT2D eigenvalue weighted by Crippen LogP contribution is 2.26. The van der Waals surface area contributed by atoms with Gasteiger partial charge in [0.2, 0.25) is 15.9 Å². The van der Waals surface area contributed by atoms with Crippen molar-refractivity contribution in [3.8, 4) is 5.69 Å². The number of nitrogens with one attached hydrogen (secondary N) is 2. The lowest BCUT2D eigenvalue weighted by Gasteiger charge is -2.10. The summed E-state index contributed by atoms with van der Waals surface area (Å²) < 4.78 is 24.6. The van der Waals surface area contributed by atoms with Crippen LogP contribution in [0.2, 0.25) is 0 Å². The molecule has 2 aromatic heterocycles. The smallest absolute Gasteiger partial charge is 0.253 e. The zero-order valence-corrected chi connectivity index (χ0v) is 20.9. The van der Waals surface area contributed by atoms with Crippen LogP contribution in [0.4, 0.5) is 11.5 Å². The van der Waals surface area contributed by atoms with Gasteiger partial charge in [0.25, 0.3) is 5.56 Å². The predicted octanol–water partition coefficient (Wildman–Crippen LogP) is 1.60. The second kappa shape index (κ2) is 10.9. The van der Waals surface area contributed by atoms with Crippen LogP contribution in [0.25, 0.3) is 5.69 Å². The van der Waals surface area contributed by atoms with Crippen LogP contribution in [-0.4, -0.2) is 44.8 Å². The number of primary sulfonamides is 1. The molecular weight excluding hydrogens is 524 g/mol. The zero-order chi connectivity index (χ0) is 25.7. The van der Waals surface area contributed by atoms with E-state index in [1.165, 1.54) is 53.9 Å². The first-order chi connectivity index (χ1) is 17.2. The maximum Gasteiger partial charge on any atom is 0.253 e. The molecule has 0 aliphatic heterocycles. The molecule has 0 unspecified atom stereocenters. The number of nitrogens with two attached hydrogens (primary N) is 2. The fourth-order valence-corrected chi connectivity index (χ4v) is 5.11. The van der Waals surface area contributed by atoms with Gasteiger partial charge in [0.05, 0.1) is 16.4 Å². The summed E-state index contributed by atoms with van der Waals surface area (Å²) in [4.78, 5) is 30.8. The first-order valence-corrected chi connectivity index (χ1v) is 13.8. The number of sulfonamides is 1. The van der Waals surface area contributed by atoms with Gasteiger partial charge in [-0.1, -0.05) is 41.7 Å². The zero-order valence-electron chi connectivity index (χ0n) is 18.5. The molecule has 0 atom stereocenters. The lowest BCUT2D eigenvalue weighted by molar-refractivity contribution is -0.113. The molecule has 15 heteroatoms. The standard InChI is InChI=1S/C21H20N8O4S3/c22-16-10-18(30)26-20(25-16)34-11-17-27-28-21(29(17)14-4-2-1-3-5-14)35-12-19(31)24-13-6-8-15(9-7-13)36(23,32)33/h1-10H,11-12H2,(H,24,31)(H2,23,32,33)(H3,22,25,26,30).